The highest BCUT2D eigenvalue weighted by Gasteiger charge is 2.38. The standard InChI is InChI=1S/C14H26N2O3.ClH/c1-4-14(5-2,13(18)19-3)16-12(17)9-10-7-6-8-11(10)15;/h10-11H,4-9,15H2,1-3H3,(H,16,17);1H/t10-,11+;/m0./s1. The lowest BCUT2D eigenvalue weighted by molar-refractivity contribution is -0.151. The van der Waals surface area contributed by atoms with Crippen molar-refractivity contribution in [3.63, 3.8) is 0 Å². The minimum atomic E-state index is -0.894. The molecular formula is C14H27ClN2O3. The van der Waals surface area contributed by atoms with E-state index in [4.69, 9.17) is 10.5 Å². The van der Waals surface area contributed by atoms with Crippen molar-refractivity contribution >= 4 is 24.3 Å². The predicted molar refractivity (Wildman–Crippen MR) is 80.7 cm³/mol. The van der Waals surface area contributed by atoms with Crippen LogP contribution in [-0.2, 0) is 14.3 Å². The molecule has 2 atom stereocenters. The van der Waals surface area contributed by atoms with Gasteiger partial charge in [-0.1, -0.05) is 20.3 Å². The van der Waals surface area contributed by atoms with Crippen LogP contribution in [0.5, 0.6) is 0 Å². The normalized spacial score (nSPS) is 22.0. The molecule has 0 spiro atoms. The summed E-state index contributed by atoms with van der Waals surface area (Å²) in [5.74, 6) is -0.234. The minimum absolute atomic E-state index is 0. The second-order valence-electron chi connectivity index (χ2n) is 5.39. The first-order valence-corrected chi connectivity index (χ1v) is 7.14. The molecule has 0 aromatic rings. The molecule has 0 radical (unpaired) electrons. The number of nitrogens with two attached hydrogens (primary N) is 1. The average molecular weight is 307 g/mol. The number of carbonyl (C=O) groups excluding carboxylic acids is 2. The maximum atomic E-state index is 12.1. The summed E-state index contributed by atoms with van der Waals surface area (Å²) in [7, 11) is 1.35. The van der Waals surface area contributed by atoms with Gasteiger partial charge in [0.2, 0.25) is 5.91 Å². The molecule has 5 nitrogen and oxygen atoms in total. The van der Waals surface area contributed by atoms with Crippen molar-refractivity contribution in [3.05, 3.63) is 0 Å². The van der Waals surface area contributed by atoms with Crippen molar-refractivity contribution in [1.29, 1.82) is 0 Å². The van der Waals surface area contributed by atoms with Gasteiger partial charge in [0.1, 0.15) is 5.54 Å². The molecule has 0 bridgehead atoms. The Morgan fingerprint density at radius 3 is 2.30 bits per heavy atom. The van der Waals surface area contributed by atoms with E-state index in [-0.39, 0.29) is 36.2 Å². The Kier molecular flexibility index (Phi) is 8.13. The molecule has 1 amide bonds. The molecular weight excluding hydrogens is 280 g/mol. The number of rotatable bonds is 6. The SMILES string of the molecule is CCC(CC)(NC(=O)C[C@@H]1CCC[C@H]1N)C(=O)OC.Cl. The first-order chi connectivity index (χ1) is 8.99. The third-order valence-corrected chi connectivity index (χ3v) is 4.33. The van der Waals surface area contributed by atoms with Crippen LogP contribution < -0.4 is 11.1 Å². The third kappa shape index (κ3) is 4.35. The van der Waals surface area contributed by atoms with Gasteiger partial charge in [-0.25, -0.2) is 4.79 Å². The highest BCUT2D eigenvalue weighted by Crippen LogP contribution is 2.27. The van der Waals surface area contributed by atoms with Crippen molar-refractivity contribution in [3.8, 4) is 0 Å². The van der Waals surface area contributed by atoms with Crippen molar-refractivity contribution in [1.82, 2.24) is 5.32 Å². The van der Waals surface area contributed by atoms with E-state index in [0.717, 1.165) is 19.3 Å². The first kappa shape index (κ1) is 19.2. The second-order valence-corrected chi connectivity index (χ2v) is 5.39. The smallest absolute Gasteiger partial charge is 0.331 e. The van der Waals surface area contributed by atoms with Crippen molar-refractivity contribution in [2.45, 2.75) is 64.0 Å². The zero-order chi connectivity index (χ0) is 14.5. The first-order valence-electron chi connectivity index (χ1n) is 7.14. The maximum absolute atomic E-state index is 12.1. The summed E-state index contributed by atoms with van der Waals surface area (Å²) in [6.07, 6.45) is 4.53. The van der Waals surface area contributed by atoms with Gasteiger partial charge in [-0.15, -0.1) is 12.4 Å². The van der Waals surface area contributed by atoms with E-state index in [1.807, 2.05) is 13.8 Å². The van der Waals surface area contributed by atoms with E-state index in [1.54, 1.807) is 0 Å². The molecule has 0 unspecified atom stereocenters. The Bertz CT molecular complexity index is 332. The monoisotopic (exact) mass is 306 g/mol. The van der Waals surface area contributed by atoms with Gasteiger partial charge in [-0.2, -0.15) is 0 Å². The lowest BCUT2D eigenvalue weighted by atomic mass is 9.91. The van der Waals surface area contributed by atoms with Gasteiger partial charge in [-0.3, -0.25) is 4.79 Å². The number of esters is 1. The van der Waals surface area contributed by atoms with Crippen molar-refractivity contribution in [2.24, 2.45) is 11.7 Å². The Hall–Kier alpha value is -0.810. The number of carbonyl (C=O) groups is 2. The quantitative estimate of drug-likeness (QED) is 0.733. The molecule has 0 aromatic carbocycles. The molecule has 6 heteroatoms. The molecule has 1 rings (SSSR count). The summed E-state index contributed by atoms with van der Waals surface area (Å²) in [5, 5.41) is 2.86. The largest absolute Gasteiger partial charge is 0.467 e. The van der Waals surface area contributed by atoms with Gasteiger partial charge < -0.3 is 15.8 Å². The van der Waals surface area contributed by atoms with Crippen LogP contribution >= 0.6 is 12.4 Å². The lowest BCUT2D eigenvalue weighted by Gasteiger charge is -2.30. The fraction of sp³-hybridized carbons (Fsp3) is 0.857. The minimum Gasteiger partial charge on any atom is -0.467 e. The summed E-state index contributed by atoms with van der Waals surface area (Å²) < 4.78 is 4.81. The number of methoxy groups -OCH3 is 1. The van der Waals surface area contributed by atoms with Crippen LogP contribution in [-0.4, -0.2) is 30.6 Å². The number of amides is 1. The van der Waals surface area contributed by atoms with E-state index in [2.05, 4.69) is 5.32 Å². The third-order valence-electron chi connectivity index (χ3n) is 4.33. The number of ether oxygens (including phenoxy) is 1. The summed E-state index contributed by atoms with van der Waals surface area (Å²) in [6, 6.07) is 0.113. The summed E-state index contributed by atoms with van der Waals surface area (Å²) in [5.41, 5.74) is 5.08. The van der Waals surface area contributed by atoms with Gasteiger partial charge >= 0.3 is 5.97 Å². The molecule has 0 heterocycles. The van der Waals surface area contributed by atoms with Crippen LogP contribution in [0.3, 0.4) is 0 Å². The average Bonchev–Trinajstić information content (AvgIpc) is 2.80. The Morgan fingerprint density at radius 2 is 1.90 bits per heavy atom. The van der Waals surface area contributed by atoms with Gasteiger partial charge in [-0.05, 0) is 31.6 Å². The van der Waals surface area contributed by atoms with Gasteiger partial charge in [0.25, 0.3) is 0 Å². The molecule has 3 N–H and O–H groups in total. The van der Waals surface area contributed by atoms with Crippen molar-refractivity contribution < 1.29 is 14.3 Å². The van der Waals surface area contributed by atoms with Crippen LogP contribution in [0, 0.1) is 5.92 Å². The molecule has 1 saturated carbocycles. The van der Waals surface area contributed by atoms with Gasteiger partial charge in [0.15, 0.2) is 0 Å². The highest BCUT2D eigenvalue weighted by atomic mass is 35.5. The molecule has 0 aliphatic heterocycles. The lowest BCUT2D eigenvalue weighted by Crippen LogP contribution is -2.54. The second kappa shape index (κ2) is 8.47. The summed E-state index contributed by atoms with van der Waals surface area (Å²) >= 11 is 0. The fourth-order valence-electron chi connectivity index (χ4n) is 2.84. The number of hydrogen-bond donors (Lipinski definition) is 2. The van der Waals surface area contributed by atoms with Gasteiger partial charge in [0.05, 0.1) is 7.11 Å². The Balaban J connectivity index is 0.00000361. The topological polar surface area (TPSA) is 81.4 Å². The van der Waals surface area contributed by atoms with Crippen LogP contribution in [0.25, 0.3) is 0 Å². The van der Waals surface area contributed by atoms with E-state index in [9.17, 15) is 9.59 Å². The molecule has 1 fully saturated rings. The van der Waals surface area contributed by atoms with Crippen LogP contribution in [0.15, 0.2) is 0 Å². The fourth-order valence-corrected chi connectivity index (χ4v) is 2.84. The Labute approximate surface area is 127 Å². The van der Waals surface area contributed by atoms with Crippen LogP contribution in [0.1, 0.15) is 52.4 Å². The summed E-state index contributed by atoms with van der Waals surface area (Å²) in [4.78, 5) is 24.0. The van der Waals surface area contributed by atoms with Crippen LogP contribution in [0.4, 0.5) is 0 Å². The van der Waals surface area contributed by atoms with E-state index < -0.39 is 5.54 Å². The zero-order valence-electron chi connectivity index (χ0n) is 12.6. The Morgan fingerprint density at radius 1 is 1.30 bits per heavy atom. The predicted octanol–water partition coefficient (Wildman–Crippen LogP) is 1.77. The maximum Gasteiger partial charge on any atom is 0.331 e. The summed E-state index contributed by atoms with van der Waals surface area (Å²) in [6.45, 7) is 3.75. The molecule has 0 saturated heterocycles. The number of halogens is 1. The van der Waals surface area contributed by atoms with E-state index in [0.29, 0.717) is 19.3 Å². The van der Waals surface area contributed by atoms with E-state index >= 15 is 0 Å². The molecule has 118 valence electrons. The van der Waals surface area contributed by atoms with Crippen LogP contribution in [0.2, 0.25) is 0 Å². The molecule has 1 aliphatic carbocycles. The molecule has 1 aliphatic rings. The molecule has 0 aromatic heterocycles. The zero-order valence-corrected chi connectivity index (χ0v) is 13.4. The number of hydrogen-bond acceptors (Lipinski definition) is 4. The van der Waals surface area contributed by atoms with E-state index in [1.165, 1.54) is 7.11 Å². The number of nitrogens with one attached hydrogen (secondary N) is 1. The highest BCUT2D eigenvalue weighted by molar-refractivity contribution is 5.88. The molecule has 20 heavy (non-hydrogen) atoms. The van der Waals surface area contributed by atoms with Gasteiger partial charge in [0, 0.05) is 12.5 Å². The van der Waals surface area contributed by atoms with Crippen molar-refractivity contribution in [2.75, 3.05) is 7.11 Å².